The summed E-state index contributed by atoms with van der Waals surface area (Å²) in [6.45, 7) is 9.33. The van der Waals surface area contributed by atoms with Crippen molar-refractivity contribution < 1.29 is 9.47 Å². The molecule has 2 unspecified atom stereocenters. The lowest BCUT2D eigenvalue weighted by molar-refractivity contribution is 0.297. The Labute approximate surface area is 122 Å². The fraction of sp³-hybridized carbons (Fsp3) is 0.647. The fourth-order valence-corrected chi connectivity index (χ4v) is 2.63. The minimum absolute atomic E-state index is 0.520. The van der Waals surface area contributed by atoms with Crippen LogP contribution in [0, 0.1) is 0 Å². The average molecular weight is 277 g/mol. The Morgan fingerprint density at radius 2 is 1.90 bits per heavy atom. The molecule has 0 radical (unpaired) electrons. The second-order valence-corrected chi connectivity index (χ2v) is 5.75. The average Bonchev–Trinajstić information content (AvgIpc) is 2.69. The Morgan fingerprint density at radius 3 is 2.65 bits per heavy atom. The van der Waals surface area contributed by atoms with Crippen molar-refractivity contribution in [3.8, 4) is 11.5 Å². The Balaban J connectivity index is 1.99. The zero-order valence-corrected chi connectivity index (χ0v) is 12.9. The highest BCUT2D eigenvalue weighted by atomic mass is 16.5. The topological polar surface area (TPSA) is 30.5 Å². The van der Waals surface area contributed by atoms with Crippen LogP contribution in [-0.2, 0) is 0 Å². The van der Waals surface area contributed by atoms with E-state index in [-0.39, 0.29) is 0 Å². The lowest BCUT2D eigenvalue weighted by atomic mass is 9.94. The molecule has 1 aromatic carbocycles. The minimum atomic E-state index is 0.520. The van der Waals surface area contributed by atoms with Crippen LogP contribution in [0.4, 0.5) is 0 Å². The molecule has 0 bridgehead atoms. The first-order valence-corrected chi connectivity index (χ1v) is 7.83. The number of nitrogens with one attached hydrogen (secondary N) is 1. The van der Waals surface area contributed by atoms with E-state index >= 15 is 0 Å². The van der Waals surface area contributed by atoms with Gasteiger partial charge in [-0.2, -0.15) is 0 Å². The van der Waals surface area contributed by atoms with E-state index < -0.39 is 0 Å². The maximum absolute atomic E-state index is 5.77. The summed E-state index contributed by atoms with van der Waals surface area (Å²) in [7, 11) is 0. The van der Waals surface area contributed by atoms with Gasteiger partial charge < -0.3 is 14.8 Å². The second kappa shape index (κ2) is 7.53. The van der Waals surface area contributed by atoms with Crippen molar-refractivity contribution >= 4 is 0 Å². The summed E-state index contributed by atoms with van der Waals surface area (Å²) in [6.07, 6.45) is 3.28. The monoisotopic (exact) mass is 277 g/mol. The van der Waals surface area contributed by atoms with Crippen LogP contribution in [0.15, 0.2) is 18.2 Å². The third-order valence-electron chi connectivity index (χ3n) is 3.79. The third-order valence-corrected chi connectivity index (χ3v) is 3.79. The molecule has 0 aliphatic carbocycles. The summed E-state index contributed by atoms with van der Waals surface area (Å²) in [5, 5.41) is 3.55. The van der Waals surface area contributed by atoms with Gasteiger partial charge >= 0.3 is 0 Å². The van der Waals surface area contributed by atoms with Crippen molar-refractivity contribution in [3.63, 3.8) is 0 Å². The van der Waals surface area contributed by atoms with E-state index in [9.17, 15) is 0 Å². The summed E-state index contributed by atoms with van der Waals surface area (Å²) in [5.74, 6) is 2.31. The van der Waals surface area contributed by atoms with Gasteiger partial charge in [-0.05, 0) is 49.9 Å². The van der Waals surface area contributed by atoms with Crippen LogP contribution in [0.2, 0.25) is 0 Å². The zero-order chi connectivity index (χ0) is 14.4. The Hall–Kier alpha value is -1.22. The van der Waals surface area contributed by atoms with Gasteiger partial charge in [-0.25, -0.2) is 0 Å². The Kier molecular flexibility index (Phi) is 5.72. The van der Waals surface area contributed by atoms with Crippen molar-refractivity contribution in [3.05, 3.63) is 23.8 Å². The summed E-state index contributed by atoms with van der Waals surface area (Å²) >= 11 is 0. The number of hydrogen-bond donors (Lipinski definition) is 1. The highest BCUT2D eigenvalue weighted by molar-refractivity contribution is 5.44. The van der Waals surface area contributed by atoms with Crippen LogP contribution in [0.3, 0.4) is 0 Å². The molecular weight excluding hydrogens is 250 g/mol. The molecule has 3 heteroatoms. The molecule has 0 aromatic heterocycles. The standard InChI is InChI=1S/C17H27NO2/c1-4-8-18-14(3)11-13(2)15-6-7-16-17(12-15)20-10-5-9-19-16/h6-7,12-14,18H,4-5,8-11H2,1-3H3. The normalized spacial score (nSPS) is 17.4. The number of rotatable bonds is 6. The molecule has 0 spiro atoms. The molecule has 0 amide bonds. The molecular formula is C17H27NO2. The molecule has 3 nitrogen and oxygen atoms in total. The first-order chi connectivity index (χ1) is 9.70. The van der Waals surface area contributed by atoms with Crippen molar-refractivity contribution in [2.75, 3.05) is 19.8 Å². The lowest BCUT2D eigenvalue weighted by Crippen LogP contribution is -2.28. The molecule has 20 heavy (non-hydrogen) atoms. The van der Waals surface area contributed by atoms with Crippen LogP contribution in [-0.4, -0.2) is 25.8 Å². The van der Waals surface area contributed by atoms with E-state index in [1.165, 1.54) is 12.0 Å². The van der Waals surface area contributed by atoms with Crippen molar-refractivity contribution in [2.24, 2.45) is 0 Å². The van der Waals surface area contributed by atoms with Crippen LogP contribution in [0.25, 0.3) is 0 Å². The predicted octanol–water partition coefficient (Wildman–Crippen LogP) is 3.73. The van der Waals surface area contributed by atoms with E-state index in [0.717, 1.165) is 44.1 Å². The molecule has 112 valence electrons. The molecule has 1 aliphatic heterocycles. The van der Waals surface area contributed by atoms with Crippen LogP contribution < -0.4 is 14.8 Å². The molecule has 1 aliphatic rings. The van der Waals surface area contributed by atoms with E-state index in [0.29, 0.717) is 12.0 Å². The Bertz CT molecular complexity index is 419. The molecule has 0 saturated heterocycles. The third kappa shape index (κ3) is 4.14. The predicted molar refractivity (Wildman–Crippen MR) is 82.8 cm³/mol. The molecule has 2 atom stereocenters. The van der Waals surface area contributed by atoms with Crippen molar-refractivity contribution in [2.45, 2.75) is 52.0 Å². The zero-order valence-electron chi connectivity index (χ0n) is 12.9. The van der Waals surface area contributed by atoms with Crippen LogP contribution >= 0.6 is 0 Å². The van der Waals surface area contributed by atoms with Gasteiger partial charge in [0.25, 0.3) is 0 Å². The highest BCUT2D eigenvalue weighted by Gasteiger charge is 2.15. The van der Waals surface area contributed by atoms with E-state index in [1.54, 1.807) is 0 Å². The van der Waals surface area contributed by atoms with E-state index in [1.807, 2.05) is 0 Å². The lowest BCUT2D eigenvalue weighted by Gasteiger charge is -2.19. The Morgan fingerprint density at radius 1 is 1.15 bits per heavy atom. The summed E-state index contributed by atoms with van der Waals surface area (Å²) < 4.78 is 11.4. The van der Waals surface area contributed by atoms with Gasteiger partial charge in [0, 0.05) is 12.5 Å². The van der Waals surface area contributed by atoms with Gasteiger partial charge in [0.1, 0.15) is 0 Å². The maximum atomic E-state index is 5.77. The fourth-order valence-electron chi connectivity index (χ4n) is 2.63. The first-order valence-electron chi connectivity index (χ1n) is 7.83. The number of benzene rings is 1. The molecule has 0 saturated carbocycles. The first kappa shape index (κ1) is 15.2. The maximum Gasteiger partial charge on any atom is 0.161 e. The summed E-state index contributed by atoms with van der Waals surface area (Å²) in [6, 6.07) is 6.92. The summed E-state index contributed by atoms with van der Waals surface area (Å²) in [4.78, 5) is 0. The minimum Gasteiger partial charge on any atom is -0.490 e. The van der Waals surface area contributed by atoms with Crippen molar-refractivity contribution in [1.82, 2.24) is 5.32 Å². The number of fused-ring (bicyclic) bond motifs is 1. The molecule has 1 aromatic rings. The van der Waals surface area contributed by atoms with Gasteiger partial charge in [0.05, 0.1) is 13.2 Å². The SMILES string of the molecule is CCCNC(C)CC(C)c1ccc2c(c1)OCCCO2. The molecule has 2 rings (SSSR count). The highest BCUT2D eigenvalue weighted by Crippen LogP contribution is 2.33. The smallest absolute Gasteiger partial charge is 0.161 e. The van der Waals surface area contributed by atoms with Gasteiger partial charge in [0.2, 0.25) is 0 Å². The van der Waals surface area contributed by atoms with E-state index in [2.05, 4.69) is 44.3 Å². The largest absolute Gasteiger partial charge is 0.490 e. The van der Waals surface area contributed by atoms with Gasteiger partial charge in [-0.15, -0.1) is 0 Å². The number of hydrogen-bond acceptors (Lipinski definition) is 3. The molecule has 1 N–H and O–H groups in total. The van der Waals surface area contributed by atoms with Crippen LogP contribution in [0.5, 0.6) is 11.5 Å². The van der Waals surface area contributed by atoms with Crippen LogP contribution in [0.1, 0.15) is 51.5 Å². The summed E-state index contributed by atoms with van der Waals surface area (Å²) in [5.41, 5.74) is 1.33. The quantitative estimate of drug-likeness (QED) is 0.859. The number of ether oxygens (including phenoxy) is 2. The van der Waals surface area contributed by atoms with Gasteiger partial charge in [-0.1, -0.05) is 19.9 Å². The van der Waals surface area contributed by atoms with E-state index in [4.69, 9.17) is 9.47 Å². The van der Waals surface area contributed by atoms with Gasteiger partial charge in [-0.3, -0.25) is 0 Å². The van der Waals surface area contributed by atoms with Gasteiger partial charge in [0.15, 0.2) is 11.5 Å². The second-order valence-electron chi connectivity index (χ2n) is 5.75. The van der Waals surface area contributed by atoms with Crippen molar-refractivity contribution in [1.29, 1.82) is 0 Å². The molecule has 1 heterocycles. The molecule has 0 fully saturated rings.